The van der Waals surface area contributed by atoms with Gasteiger partial charge in [-0.1, -0.05) is 6.92 Å². The molecule has 84 valence electrons. The van der Waals surface area contributed by atoms with E-state index in [1.54, 1.807) is 0 Å². The van der Waals surface area contributed by atoms with Crippen molar-refractivity contribution < 1.29 is 0 Å². The highest BCUT2D eigenvalue weighted by Gasteiger charge is 2.21. The minimum Gasteiger partial charge on any atom is -0.397 e. The molecule has 15 heavy (non-hydrogen) atoms. The third-order valence-corrected chi connectivity index (χ3v) is 3.23. The molecule has 0 aliphatic carbocycles. The molecule has 0 fully saturated rings. The van der Waals surface area contributed by atoms with Crippen LogP contribution in [0.1, 0.15) is 27.2 Å². The van der Waals surface area contributed by atoms with Crippen molar-refractivity contribution in [2.75, 3.05) is 23.4 Å². The maximum atomic E-state index is 5.79. The van der Waals surface area contributed by atoms with Gasteiger partial charge in [-0.25, -0.2) is 0 Å². The van der Waals surface area contributed by atoms with Crippen LogP contribution in [-0.4, -0.2) is 12.6 Å². The molecule has 0 atom stereocenters. The second kappa shape index (κ2) is 4.01. The first-order valence-corrected chi connectivity index (χ1v) is 5.27. The van der Waals surface area contributed by atoms with Crippen molar-refractivity contribution >= 4 is 17.1 Å². The Morgan fingerprint density at radius 2 is 1.80 bits per heavy atom. The average Bonchev–Trinajstić information content (AvgIpc) is 2.21. The zero-order chi connectivity index (χ0) is 11.6. The van der Waals surface area contributed by atoms with Gasteiger partial charge in [-0.3, -0.25) is 0 Å². The second-order valence-corrected chi connectivity index (χ2v) is 4.54. The van der Waals surface area contributed by atoms with E-state index in [2.05, 4.69) is 32.7 Å². The molecule has 0 aromatic heterocycles. The second-order valence-electron chi connectivity index (χ2n) is 4.54. The molecule has 1 aromatic carbocycles. The number of hydrogen-bond acceptors (Lipinski definition) is 3. The highest BCUT2D eigenvalue weighted by molar-refractivity contribution is 5.70. The van der Waals surface area contributed by atoms with Gasteiger partial charge < -0.3 is 16.4 Å². The predicted molar refractivity (Wildman–Crippen MR) is 68.0 cm³/mol. The van der Waals surface area contributed by atoms with E-state index in [1.165, 1.54) is 0 Å². The van der Waals surface area contributed by atoms with E-state index >= 15 is 0 Å². The summed E-state index contributed by atoms with van der Waals surface area (Å²) in [7, 11) is 2.08. The van der Waals surface area contributed by atoms with Crippen LogP contribution in [0.3, 0.4) is 0 Å². The third kappa shape index (κ3) is 2.35. The summed E-state index contributed by atoms with van der Waals surface area (Å²) in [6, 6.07) is 5.78. The molecule has 0 aliphatic heterocycles. The van der Waals surface area contributed by atoms with Crippen molar-refractivity contribution in [1.29, 1.82) is 0 Å². The largest absolute Gasteiger partial charge is 0.397 e. The van der Waals surface area contributed by atoms with Gasteiger partial charge in [0.1, 0.15) is 0 Å². The summed E-state index contributed by atoms with van der Waals surface area (Å²) in [6.07, 6.45) is 1.08. The number of anilines is 3. The van der Waals surface area contributed by atoms with Gasteiger partial charge in [0.25, 0.3) is 0 Å². The monoisotopic (exact) mass is 207 g/mol. The Labute approximate surface area is 92.1 Å². The van der Waals surface area contributed by atoms with Gasteiger partial charge in [0.15, 0.2) is 0 Å². The zero-order valence-electron chi connectivity index (χ0n) is 10.0. The zero-order valence-corrected chi connectivity index (χ0v) is 10.0. The highest BCUT2D eigenvalue weighted by Crippen LogP contribution is 2.28. The van der Waals surface area contributed by atoms with Crippen molar-refractivity contribution in [3.8, 4) is 0 Å². The number of hydrogen-bond donors (Lipinski definition) is 2. The molecule has 0 bridgehead atoms. The van der Waals surface area contributed by atoms with Crippen LogP contribution in [0.15, 0.2) is 18.2 Å². The molecule has 1 aromatic rings. The molecule has 3 nitrogen and oxygen atoms in total. The number of benzene rings is 1. The van der Waals surface area contributed by atoms with Crippen LogP contribution in [0.2, 0.25) is 0 Å². The molecule has 0 radical (unpaired) electrons. The lowest BCUT2D eigenvalue weighted by atomic mass is 9.99. The summed E-state index contributed by atoms with van der Waals surface area (Å²) in [4.78, 5) is 2.22. The summed E-state index contributed by atoms with van der Waals surface area (Å²) < 4.78 is 0. The van der Waals surface area contributed by atoms with Crippen LogP contribution >= 0.6 is 0 Å². The van der Waals surface area contributed by atoms with E-state index in [9.17, 15) is 0 Å². The van der Waals surface area contributed by atoms with E-state index < -0.39 is 0 Å². The van der Waals surface area contributed by atoms with E-state index in [-0.39, 0.29) is 5.54 Å². The van der Waals surface area contributed by atoms with Gasteiger partial charge in [-0.15, -0.1) is 0 Å². The van der Waals surface area contributed by atoms with Crippen molar-refractivity contribution in [1.82, 2.24) is 0 Å². The Hall–Kier alpha value is -1.38. The Balaban J connectivity index is 3.02. The first-order valence-electron chi connectivity index (χ1n) is 5.27. The molecule has 0 heterocycles. The standard InChI is InChI=1S/C12H21N3/c1-5-12(2,3)15(4)9-6-7-10(13)11(14)8-9/h6-8H,5,13-14H2,1-4H3. The number of nitrogens with two attached hydrogens (primary N) is 2. The molecule has 0 unspecified atom stereocenters. The van der Waals surface area contributed by atoms with E-state index in [0.29, 0.717) is 11.4 Å². The molecular formula is C12H21N3. The summed E-state index contributed by atoms with van der Waals surface area (Å²) in [5.41, 5.74) is 14.0. The van der Waals surface area contributed by atoms with Crippen LogP contribution in [-0.2, 0) is 0 Å². The lowest BCUT2D eigenvalue weighted by Gasteiger charge is -2.37. The maximum Gasteiger partial charge on any atom is 0.0568 e. The number of nitrogens with zero attached hydrogens (tertiary/aromatic N) is 1. The SMILES string of the molecule is CCC(C)(C)N(C)c1ccc(N)c(N)c1. The first-order chi connectivity index (χ1) is 6.88. The highest BCUT2D eigenvalue weighted by atomic mass is 15.2. The van der Waals surface area contributed by atoms with Gasteiger partial charge >= 0.3 is 0 Å². The van der Waals surface area contributed by atoms with Gasteiger partial charge in [-0.05, 0) is 38.5 Å². The van der Waals surface area contributed by atoms with Gasteiger partial charge in [0.2, 0.25) is 0 Å². The Bertz CT molecular complexity index is 345. The molecule has 4 N–H and O–H groups in total. The first kappa shape index (κ1) is 11.7. The molecule has 1 rings (SSSR count). The molecular weight excluding hydrogens is 186 g/mol. The number of nitrogen functional groups attached to an aromatic ring is 2. The summed E-state index contributed by atoms with van der Waals surface area (Å²) in [6.45, 7) is 6.59. The molecule has 0 aliphatic rings. The van der Waals surface area contributed by atoms with Crippen molar-refractivity contribution in [3.05, 3.63) is 18.2 Å². The number of rotatable bonds is 3. The van der Waals surface area contributed by atoms with Gasteiger partial charge in [0, 0.05) is 18.3 Å². The minimum atomic E-state index is 0.128. The third-order valence-electron chi connectivity index (χ3n) is 3.23. The summed E-state index contributed by atoms with van der Waals surface area (Å²) >= 11 is 0. The quantitative estimate of drug-likeness (QED) is 0.749. The molecule has 3 heteroatoms. The van der Waals surface area contributed by atoms with Crippen LogP contribution in [0.4, 0.5) is 17.1 Å². The fraction of sp³-hybridized carbons (Fsp3) is 0.500. The average molecular weight is 207 g/mol. The van der Waals surface area contributed by atoms with E-state index in [4.69, 9.17) is 11.5 Å². The smallest absolute Gasteiger partial charge is 0.0568 e. The Morgan fingerprint density at radius 3 is 2.27 bits per heavy atom. The van der Waals surface area contributed by atoms with Crippen molar-refractivity contribution in [3.63, 3.8) is 0 Å². The minimum absolute atomic E-state index is 0.128. The normalized spacial score (nSPS) is 11.5. The Kier molecular flexibility index (Phi) is 3.12. The van der Waals surface area contributed by atoms with E-state index in [1.807, 2.05) is 18.2 Å². The van der Waals surface area contributed by atoms with Crippen LogP contribution in [0.5, 0.6) is 0 Å². The van der Waals surface area contributed by atoms with Crippen LogP contribution in [0.25, 0.3) is 0 Å². The topological polar surface area (TPSA) is 55.3 Å². The Morgan fingerprint density at radius 1 is 1.20 bits per heavy atom. The van der Waals surface area contributed by atoms with Crippen LogP contribution < -0.4 is 16.4 Å². The van der Waals surface area contributed by atoms with Gasteiger partial charge in [0.05, 0.1) is 11.4 Å². The fourth-order valence-corrected chi connectivity index (χ4v) is 1.36. The molecule has 0 saturated carbocycles. The molecule has 0 spiro atoms. The molecule has 0 saturated heterocycles. The van der Waals surface area contributed by atoms with E-state index in [0.717, 1.165) is 12.1 Å². The lowest BCUT2D eigenvalue weighted by Crippen LogP contribution is -2.40. The molecule has 0 amide bonds. The summed E-state index contributed by atoms with van der Waals surface area (Å²) in [5, 5.41) is 0. The maximum absolute atomic E-state index is 5.79. The van der Waals surface area contributed by atoms with Gasteiger partial charge in [-0.2, -0.15) is 0 Å². The van der Waals surface area contributed by atoms with Crippen molar-refractivity contribution in [2.24, 2.45) is 0 Å². The predicted octanol–water partition coefficient (Wildman–Crippen LogP) is 2.48. The fourth-order valence-electron chi connectivity index (χ4n) is 1.36. The summed E-state index contributed by atoms with van der Waals surface area (Å²) in [5.74, 6) is 0. The van der Waals surface area contributed by atoms with Crippen LogP contribution in [0, 0.1) is 0 Å². The lowest BCUT2D eigenvalue weighted by molar-refractivity contribution is 0.471. The van der Waals surface area contributed by atoms with Crippen molar-refractivity contribution in [2.45, 2.75) is 32.7 Å².